The third kappa shape index (κ3) is 4.12. The van der Waals surface area contributed by atoms with E-state index < -0.39 is 5.97 Å². The Kier molecular flexibility index (Phi) is 4.30. The molecule has 0 aliphatic heterocycles. The van der Waals surface area contributed by atoms with Gasteiger partial charge in [-0.15, -0.1) is 0 Å². The zero-order valence-electron chi connectivity index (χ0n) is 9.16. The normalized spacial score (nSPS) is 10.5. The highest BCUT2D eigenvalue weighted by Crippen LogP contribution is 2.00. The lowest BCUT2D eigenvalue weighted by atomic mass is 10.4. The Bertz CT molecular complexity index is 333. The van der Waals surface area contributed by atoms with Crippen LogP contribution >= 0.6 is 0 Å². The first-order valence-corrected chi connectivity index (χ1v) is 5.03. The van der Waals surface area contributed by atoms with Gasteiger partial charge in [0.05, 0.1) is 18.7 Å². The molecular weight excluding hydrogens is 194 g/mol. The van der Waals surface area contributed by atoms with E-state index in [1.807, 2.05) is 24.6 Å². The van der Waals surface area contributed by atoms with Crippen molar-refractivity contribution in [3.05, 3.63) is 17.5 Å². The number of nitrogens with one attached hydrogen (secondary N) is 1. The summed E-state index contributed by atoms with van der Waals surface area (Å²) in [7, 11) is 0. The lowest BCUT2D eigenvalue weighted by molar-refractivity contribution is -0.136. The predicted molar refractivity (Wildman–Crippen MR) is 56.8 cm³/mol. The van der Waals surface area contributed by atoms with E-state index in [1.165, 1.54) is 0 Å². The van der Waals surface area contributed by atoms with Crippen LogP contribution in [0.15, 0.2) is 6.07 Å². The van der Waals surface area contributed by atoms with Gasteiger partial charge in [0.25, 0.3) is 0 Å². The fraction of sp³-hybridized carbons (Fsp3) is 0.600. The molecule has 0 aromatic carbocycles. The molecule has 0 aliphatic carbocycles. The van der Waals surface area contributed by atoms with Crippen LogP contribution in [0.3, 0.4) is 0 Å². The second kappa shape index (κ2) is 5.50. The van der Waals surface area contributed by atoms with Gasteiger partial charge in [0, 0.05) is 18.8 Å². The van der Waals surface area contributed by atoms with Crippen LogP contribution in [0.25, 0.3) is 0 Å². The Labute approximate surface area is 89.1 Å². The maximum absolute atomic E-state index is 10.2. The lowest BCUT2D eigenvalue weighted by Crippen LogP contribution is -2.23. The van der Waals surface area contributed by atoms with Gasteiger partial charge in [-0.1, -0.05) is 0 Å². The number of aromatic nitrogens is 2. The van der Waals surface area contributed by atoms with E-state index in [-0.39, 0.29) is 6.42 Å². The van der Waals surface area contributed by atoms with E-state index in [0.29, 0.717) is 6.54 Å². The molecule has 15 heavy (non-hydrogen) atoms. The Morgan fingerprint density at radius 3 is 2.80 bits per heavy atom. The third-order valence-corrected chi connectivity index (χ3v) is 2.12. The van der Waals surface area contributed by atoms with Crippen molar-refractivity contribution in [3.8, 4) is 0 Å². The number of carbonyl (C=O) groups is 1. The molecule has 0 amide bonds. The van der Waals surface area contributed by atoms with Crippen LogP contribution in [0.2, 0.25) is 0 Å². The van der Waals surface area contributed by atoms with Crippen molar-refractivity contribution in [1.82, 2.24) is 15.1 Å². The van der Waals surface area contributed by atoms with Crippen LogP contribution in [0.1, 0.15) is 17.8 Å². The number of hydrogen-bond acceptors (Lipinski definition) is 3. The summed E-state index contributed by atoms with van der Waals surface area (Å²) in [5, 5.41) is 15.8. The van der Waals surface area contributed by atoms with Gasteiger partial charge in [0.2, 0.25) is 0 Å². The zero-order valence-corrected chi connectivity index (χ0v) is 9.16. The summed E-state index contributed by atoms with van der Waals surface area (Å²) >= 11 is 0. The van der Waals surface area contributed by atoms with Crippen LogP contribution in [0.5, 0.6) is 0 Å². The van der Waals surface area contributed by atoms with Gasteiger partial charge in [-0.05, 0) is 19.9 Å². The van der Waals surface area contributed by atoms with Crippen molar-refractivity contribution >= 4 is 5.97 Å². The Hall–Kier alpha value is -1.36. The second-order valence-electron chi connectivity index (χ2n) is 3.54. The van der Waals surface area contributed by atoms with Crippen LogP contribution < -0.4 is 5.32 Å². The minimum absolute atomic E-state index is 0.164. The van der Waals surface area contributed by atoms with E-state index in [1.54, 1.807) is 0 Å². The standard InChI is InChI=1S/C10H17N3O2/c1-8-7-9(2)13(12-8)6-5-11-4-3-10(14)15/h7,11H,3-6H2,1-2H3,(H,14,15). The van der Waals surface area contributed by atoms with Crippen LogP contribution in [-0.2, 0) is 11.3 Å². The molecule has 0 bridgehead atoms. The summed E-state index contributed by atoms with van der Waals surface area (Å²) in [4.78, 5) is 10.2. The molecular formula is C10H17N3O2. The fourth-order valence-electron chi connectivity index (χ4n) is 1.41. The fourth-order valence-corrected chi connectivity index (χ4v) is 1.41. The third-order valence-electron chi connectivity index (χ3n) is 2.12. The summed E-state index contributed by atoms with van der Waals surface area (Å²) in [6.07, 6.45) is 0.164. The molecule has 0 saturated heterocycles. The largest absolute Gasteiger partial charge is 0.481 e. The van der Waals surface area contributed by atoms with Crippen molar-refractivity contribution < 1.29 is 9.90 Å². The summed E-state index contributed by atoms with van der Waals surface area (Å²) < 4.78 is 1.92. The van der Waals surface area contributed by atoms with Gasteiger partial charge >= 0.3 is 5.97 Å². The number of nitrogens with zero attached hydrogens (tertiary/aromatic N) is 2. The van der Waals surface area contributed by atoms with Gasteiger partial charge in [-0.3, -0.25) is 9.48 Å². The van der Waals surface area contributed by atoms with Crippen molar-refractivity contribution in [2.75, 3.05) is 13.1 Å². The summed E-state index contributed by atoms with van der Waals surface area (Å²) in [5.74, 6) is -0.770. The molecule has 1 rings (SSSR count). The van der Waals surface area contributed by atoms with Gasteiger partial charge in [0.15, 0.2) is 0 Å². The Balaban J connectivity index is 2.20. The number of aliphatic carboxylic acids is 1. The summed E-state index contributed by atoms with van der Waals surface area (Å²) in [6, 6.07) is 2.03. The molecule has 0 spiro atoms. The van der Waals surface area contributed by atoms with E-state index in [2.05, 4.69) is 10.4 Å². The van der Waals surface area contributed by atoms with Crippen molar-refractivity contribution in [1.29, 1.82) is 0 Å². The van der Waals surface area contributed by atoms with Gasteiger partial charge in [-0.2, -0.15) is 5.10 Å². The average Bonchev–Trinajstić information content (AvgIpc) is 2.44. The molecule has 0 saturated carbocycles. The average molecular weight is 211 g/mol. The molecule has 1 aromatic rings. The van der Waals surface area contributed by atoms with Crippen LogP contribution in [0, 0.1) is 13.8 Å². The highest BCUT2D eigenvalue weighted by atomic mass is 16.4. The van der Waals surface area contributed by atoms with Crippen LogP contribution in [0.4, 0.5) is 0 Å². The Morgan fingerprint density at radius 1 is 1.53 bits per heavy atom. The van der Waals surface area contributed by atoms with E-state index in [4.69, 9.17) is 5.11 Å². The molecule has 0 aliphatic rings. The van der Waals surface area contributed by atoms with Crippen molar-refractivity contribution in [3.63, 3.8) is 0 Å². The predicted octanol–water partition coefficient (Wildman–Crippen LogP) is 0.564. The first kappa shape index (κ1) is 11.7. The quantitative estimate of drug-likeness (QED) is 0.675. The highest BCUT2D eigenvalue weighted by molar-refractivity contribution is 5.66. The highest BCUT2D eigenvalue weighted by Gasteiger charge is 2.00. The molecule has 5 heteroatoms. The first-order valence-electron chi connectivity index (χ1n) is 5.03. The molecule has 2 N–H and O–H groups in total. The van der Waals surface area contributed by atoms with E-state index >= 15 is 0 Å². The Morgan fingerprint density at radius 2 is 2.27 bits per heavy atom. The molecule has 0 atom stereocenters. The molecule has 1 heterocycles. The minimum atomic E-state index is -0.770. The van der Waals surface area contributed by atoms with E-state index in [9.17, 15) is 4.79 Å². The number of carboxylic acids is 1. The molecule has 84 valence electrons. The monoisotopic (exact) mass is 211 g/mol. The molecule has 5 nitrogen and oxygen atoms in total. The molecule has 0 radical (unpaired) electrons. The van der Waals surface area contributed by atoms with E-state index in [0.717, 1.165) is 24.5 Å². The zero-order chi connectivity index (χ0) is 11.3. The van der Waals surface area contributed by atoms with Crippen LogP contribution in [-0.4, -0.2) is 33.9 Å². The summed E-state index contributed by atoms with van der Waals surface area (Å²) in [6.45, 7) is 6.00. The van der Waals surface area contributed by atoms with Crippen molar-refractivity contribution in [2.24, 2.45) is 0 Å². The SMILES string of the molecule is Cc1cc(C)n(CCNCCC(=O)O)n1. The first-order chi connectivity index (χ1) is 7.09. The molecule has 1 aromatic heterocycles. The molecule has 0 fully saturated rings. The smallest absolute Gasteiger partial charge is 0.304 e. The maximum Gasteiger partial charge on any atom is 0.304 e. The summed E-state index contributed by atoms with van der Waals surface area (Å²) in [5.41, 5.74) is 2.14. The van der Waals surface area contributed by atoms with Gasteiger partial charge in [-0.25, -0.2) is 0 Å². The lowest BCUT2D eigenvalue weighted by Gasteiger charge is -2.05. The topological polar surface area (TPSA) is 67.2 Å². The second-order valence-corrected chi connectivity index (χ2v) is 3.54. The van der Waals surface area contributed by atoms with Crippen molar-refractivity contribution in [2.45, 2.75) is 26.8 Å². The number of rotatable bonds is 6. The minimum Gasteiger partial charge on any atom is -0.481 e. The number of aryl methyl sites for hydroxylation is 2. The maximum atomic E-state index is 10.2. The van der Waals surface area contributed by atoms with Gasteiger partial charge in [0.1, 0.15) is 0 Å². The van der Waals surface area contributed by atoms with Gasteiger partial charge < -0.3 is 10.4 Å². The molecule has 0 unspecified atom stereocenters. The number of carboxylic acid groups (broad SMARTS) is 1. The number of hydrogen-bond donors (Lipinski definition) is 2.